The van der Waals surface area contributed by atoms with Gasteiger partial charge in [0, 0.05) is 17.3 Å². The molecule has 2 aromatic rings. The zero-order chi connectivity index (χ0) is 16.2. The van der Waals surface area contributed by atoms with Crippen LogP contribution in [0.4, 0.5) is 5.13 Å². The van der Waals surface area contributed by atoms with Crippen molar-refractivity contribution < 1.29 is 4.79 Å². The number of halogens is 1. The van der Waals surface area contributed by atoms with Gasteiger partial charge in [0.15, 0.2) is 5.13 Å². The number of nitrogens with one attached hydrogen (secondary N) is 1. The number of carbonyl (C=O) groups excluding carboxylic acids is 1. The zero-order valence-electron chi connectivity index (χ0n) is 13.8. The van der Waals surface area contributed by atoms with Gasteiger partial charge in [-0.1, -0.05) is 30.3 Å². The monoisotopic (exact) mass is 365 g/mol. The maximum absolute atomic E-state index is 11.9. The largest absolute Gasteiger partial charge is 0.328 e. The molecular weight excluding hydrogens is 342 g/mol. The molecule has 6 heteroatoms. The molecule has 24 heavy (non-hydrogen) atoms. The van der Waals surface area contributed by atoms with E-state index in [0.717, 1.165) is 30.1 Å². The average molecular weight is 366 g/mol. The number of benzene rings is 1. The second-order valence-electron chi connectivity index (χ2n) is 6.30. The van der Waals surface area contributed by atoms with Gasteiger partial charge in [0.25, 0.3) is 0 Å². The highest BCUT2D eigenvalue weighted by Crippen LogP contribution is 2.36. The fourth-order valence-electron chi connectivity index (χ4n) is 2.98. The molecule has 1 heterocycles. The molecule has 1 aromatic carbocycles. The van der Waals surface area contributed by atoms with E-state index in [1.165, 1.54) is 10.4 Å². The molecule has 1 aromatic heterocycles. The molecule has 1 amide bonds. The fraction of sp³-hybridized carbons (Fsp3) is 0.444. The Morgan fingerprint density at radius 2 is 2.17 bits per heavy atom. The lowest BCUT2D eigenvalue weighted by atomic mass is 9.85. The van der Waals surface area contributed by atoms with Crippen LogP contribution in [0, 0.1) is 0 Å². The second kappa shape index (κ2) is 8.60. The van der Waals surface area contributed by atoms with Crippen molar-refractivity contribution in [3.63, 3.8) is 0 Å². The topological polar surface area (TPSA) is 68.0 Å². The summed E-state index contributed by atoms with van der Waals surface area (Å²) in [4.78, 5) is 17.8. The first-order chi connectivity index (χ1) is 11.1. The van der Waals surface area contributed by atoms with Crippen molar-refractivity contribution >= 4 is 34.8 Å². The fourth-order valence-corrected chi connectivity index (χ4v) is 4.08. The molecule has 3 rings (SSSR count). The number of nitrogens with two attached hydrogens (primary N) is 1. The van der Waals surface area contributed by atoms with Gasteiger partial charge in [-0.3, -0.25) is 4.79 Å². The van der Waals surface area contributed by atoms with Crippen molar-refractivity contribution in [3.05, 3.63) is 46.5 Å². The highest BCUT2D eigenvalue weighted by atomic mass is 35.5. The summed E-state index contributed by atoms with van der Waals surface area (Å²) >= 11 is 1.62. The summed E-state index contributed by atoms with van der Waals surface area (Å²) in [5.41, 5.74) is 8.25. The SMILES string of the molecule is CC(N)CCC(=O)Nc1nc2c(s1)CC(c1ccccc1)CC2.Cl. The summed E-state index contributed by atoms with van der Waals surface area (Å²) < 4.78 is 0. The highest BCUT2D eigenvalue weighted by Gasteiger charge is 2.24. The second-order valence-corrected chi connectivity index (χ2v) is 7.39. The van der Waals surface area contributed by atoms with Gasteiger partial charge in [0.1, 0.15) is 0 Å². The first-order valence-corrected chi connectivity index (χ1v) is 9.02. The van der Waals surface area contributed by atoms with Crippen LogP contribution in [0.5, 0.6) is 0 Å². The number of amides is 1. The minimum atomic E-state index is 0. The number of rotatable bonds is 5. The smallest absolute Gasteiger partial charge is 0.226 e. The van der Waals surface area contributed by atoms with E-state index < -0.39 is 0 Å². The Balaban J connectivity index is 0.00000208. The van der Waals surface area contributed by atoms with Gasteiger partial charge in [-0.2, -0.15) is 0 Å². The summed E-state index contributed by atoms with van der Waals surface area (Å²) in [6, 6.07) is 10.7. The molecule has 4 nitrogen and oxygen atoms in total. The van der Waals surface area contributed by atoms with Crippen molar-refractivity contribution in [1.29, 1.82) is 0 Å². The van der Waals surface area contributed by atoms with Crippen LogP contribution >= 0.6 is 23.7 Å². The van der Waals surface area contributed by atoms with Crippen molar-refractivity contribution in [2.45, 2.75) is 51.0 Å². The molecule has 1 aliphatic rings. The van der Waals surface area contributed by atoms with E-state index in [1.54, 1.807) is 11.3 Å². The summed E-state index contributed by atoms with van der Waals surface area (Å²) in [7, 11) is 0. The van der Waals surface area contributed by atoms with Crippen molar-refractivity contribution in [3.8, 4) is 0 Å². The van der Waals surface area contributed by atoms with Crippen LogP contribution in [0.25, 0.3) is 0 Å². The van der Waals surface area contributed by atoms with Crippen LogP contribution < -0.4 is 11.1 Å². The maximum atomic E-state index is 11.9. The van der Waals surface area contributed by atoms with Gasteiger partial charge in [-0.05, 0) is 44.1 Å². The lowest BCUT2D eigenvalue weighted by Gasteiger charge is -2.21. The number of anilines is 1. The summed E-state index contributed by atoms with van der Waals surface area (Å²) in [6.07, 6.45) is 4.29. The number of aromatic nitrogens is 1. The lowest BCUT2D eigenvalue weighted by Crippen LogP contribution is -2.19. The molecule has 0 spiro atoms. The number of hydrogen-bond acceptors (Lipinski definition) is 4. The normalized spacial score (nSPS) is 17.5. The zero-order valence-corrected chi connectivity index (χ0v) is 15.5. The van der Waals surface area contributed by atoms with Crippen LogP contribution in [0.15, 0.2) is 30.3 Å². The molecule has 2 unspecified atom stereocenters. The number of carbonyl (C=O) groups is 1. The Morgan fingerprint density at radius 1 is 1.42 bits per heavy atom. The van der Waals surface area contributed by atoms with Gasteiger partial charge in [0.05, 0.1) is 5.69 Å². The Bertz CT molecular complexity index is 672. The number of hydrogen-bond donors (Lipinski definition) is 2. The first-order valence-electron chi connectivity index (χ1n) is 8.21. The molecule has 0 saturated heterocycles. The highest BCUT2D eigenvalue weighted by molar-refractivity contribution is 7.15. The number of thiazole rings is 1. The number of aryl methyl sites for hydroxylation is 1. The summed E-state index contributed by atoms with van der Waals surface area (Å²) in [5, 5.41) is 3.66. The van der Waals surface area contributed by atoms with E-state index in [-0.39, 0.29) is 24.4 Å². The van der Waals surface area contributed by atoms with Gasteiger partial charge >= 0.3 is 0 Å². The third-order valence-corrected chi connectivity index (χ3v) is 5.32. The minimum absolute atomic E-state index is 0. The summed E-state index contributed by atoms with van der Waals surface area (Å²) in [6.45, 7) is 1.92. The standard InChI is InChI=1S/C18H23N3OS.ClH/c1-12(19)7-10-17(22)21-18-20-15-9-8-14(11-16(15)23-18)13-5-3-2-4-6-13;/h2-6,12,14H,7-11,19H2,1H3,(H,20,21,22);1H. The Hall–Kier alpha value is -1.43. The van der Waals surface area contributed by atoms with Gasteiger partial charge < -0.3 is 11.1 Å². The van der Waals surface area contributed by atoms with Crippen molar-refractivity contribution in [2.75, 3.05) is 5.32 Å². The molecule has 1 aliphatic carbocycles. The van der Waals surface area contributed by atoms with E-state index >= 15 is 0 Å². The molecule has 0 bridgehead atoms. The Morgan fingerprint density at radius 3 is 2.88 bits per heavy atom. The molecule has 130 valence electrons. The van der Waals surface area contributed by atoms with Crippen molar-refractivity contribution in [2.24, 2.45) is 5.73 Å². The van der Waals surface area contributed by atoms with E-state index in [0.29, 0.717) is 18.8 Å². The van der Waals surface area contributed by atoms with Crippen LogP contribution in [0.1, 0.15) is 48.2 Å². The van der Waals surface area contributed by atoms with E-state index in [9.17, 15) is 4.79 Å². The first kappa shape index (κ1) is 18.9. The molecule has 0 fully saturated rings. The molecule has 0 aliphatic heterocycles. The minimum Gasteiger partial charge on any atom is -0.328 e. The van der Waals surface area contributed by atoms with Gasteiger partial charge in [-0.15, -0.1) is 23.7 Å². The Labute approximate surface area is 153 Å². The summed E-state index contributed by atoms with van der Waals surface area (Å²) in [5.74, 6) is 0.568. The van der Waals surface area contributed by atoms with Gasteiger partial charge in [0.2, 0.25) is 5.91 Å². The maximum Gasteiger partial charge on any atom is 0.226 e. The predicted octanol–water partition coefficient (Wildman–Crippen LogP) is 3.90. The predicted molar refractivity (Wildman–Crippen MR) is 102 cm³/mol. The average Bonchev–Trinajstić information content (AvgIpc) is 2.95. The third kappa shape index (κ3) is 4.79. The molecule has 0 saturated carbocycles. The molecule has 2 atom stereocenters. The van der Waals surface area contributed by atoms with Crippen molar-refractivity contribution in [1.82, 2.24) is 4.98 Å². The van der Waals surface area contributed by atoms with Crippen LogP contribution in [-0.2, 0) is 17.6 Å². The quantitative estimate of drug-likeness (QED) is 0.844. The Kier molecular flexibility index (Phi) is 6.78. The number of fused-ring (bicyclic) bond motifs is 1. The van der Waals surface area contributed by atoms with Crippen LogP contribution in [0.3, 0.4) is 0 Å². The van der Waals surface area contributed by atoms with Gasteiger partial charge in [-0.25, -0.2) is 4.98 Å². The van der Waals surface area contributed by atoms with Crippen LogP contribution in [0.2, 0.25) is 0 Å². The lowest BCUT2D eigenvalue weighted by molar-refractivity contribution is -0.116. The van der Waals surface area contributed by atoms with E-state index in [2.05, 4.69) is 40.6 Å². The number of nitrogens with zero attached hydrogens (tertiary/aromatic N) is 1. The van der Waals surface area contributed by atoms with Crippen LogP contribution in [-0.4, -0.2) is 16.9 Å². The van der Waals surface area contributed by atoms with E-state index in [4.69, 9.17) is 5.73 Å². The molecule has 3 N–H and O–H groups in total. The molecule has 0 radical (unpaired) electrons. The third-order valence-electron chi connectivity index (χ3n) is 4.28. The van der Waals surface area contributed by atoms with E-state index in [1.807, 2.05) is 6.92 Å². The molecular formula is C18H24ClN3OS.